The molecule has 1 N–H and O–H groups in total. The van der Waals surface area contributed by atoms with Gasteiger partial charge in [-0.2, -0.15) is 5.10 Å². The molecule has 7 nitrogen and oxygen atoms in total. The fraction of sp³-hybridized carbons (Fsp3) is 0.600. The number of hydrogen-bond acceptors (Lipinski definition) is 5. The number of rotatable bonds is 3. The topological polar surface area (TPSA) is 75.9 Å². The number of carbonyl (C=O) groups is 1. The molecule has 8 heteroatoms. The summed E-state index contributed by atoms with van der Waals surface area (Å²) in [5, 5.41) is 8.43. The summed E-state index contributed by atoms with van der Waals surface area (Å²) in [4.78, 5) is 22.8. The molecule has 1 amide bonds. The number of aromatic nitrogens is 4. The summed E-state index contributed by atoms with van der Waals surface area (Å²) in [6.45, 7) is 5.55. The van der Waals surface area contributed by atoms with Gasteiger partial charge in [0.1, 0.15) is 16.7 Å². The second-order valence-corrected chi connectivity index (χ2v) is 6.99. The molecule has 0 bridgehead atoms. The molecule has 0 spiro atoms. The maximum absolute atomic E-state index is 11.8. The lowest BCUT2D eigenvalue weighted by atomic mass is 10.0. The number of halogens is 1. The van der Waals surface area contributed by atoms with Crippen molar-refractivity contribution in [3.05, 3.63) is 10.9 Å². The van der Waals surface area contributed by atoms with Gasteiger partial charge in [-0.05, 0) is 28.8 Å². The molecule has 1 fully saturated rings. The minimum atomic E-state index is 0.0286. The lowest BCUT2D eigenvalue weighted by Crippen LogP contribution is -2.46. The smallest absolute Gasteiger partial charge is 0.222 e. The largest absolute Gasteiger partial charge is 0.356 e. The Hall–Kier alpha value is -1.70. The van der Waals surface area contributed by atoms with Crippen LogP contribution in [-0.2, 0) is 11.8 Å². The minimum absolute atomic E-state index is 0.0286. The van der Waals surface area contributed by atoms with Gasteiger partial charge in [-0.1, -0.05) is 13.8 Å². The first-order valence-corrected chi connectivity index (χ1v) is 8.65. The van der Waals surface area contributed by atoms with E-state index in [1.165, 1.54) is 0 Å². The molecule has 124 valence electrons. The van der Waals surface area contributed by atoms with Crippen molar-refractivity contribution in [1.29, 1.82) is 0 Å². The number of carbonyl (C=O) groups excluding carboxylic acids is 1. The number of nitrogens with zero attached hydrogens (tertiary/aromatic N) is 5. The van der Waals surface area contributed by atoms with Crippen molar-refractivity contribution in [1.82, 2.24) is 25.1 Å². The third kappa shape index (κ3) is 3.17. The monoisotopic (exact) mass is 380 g/mol. The molecule has 0 aromatic carbocycles. The Balaban J connectivity index is 1.75. The molecule has 1 aliphatic rings. The molecule has 1 aliphatic heterocycles. The Labute approximate surface area is 143 Å². The van der Waals surface area contributed by atoms with E-state index in [4.69, 9.17) is 0 Å². The molecule has 1 saturated heterocycles. The number of aryl methyl sites for hydroxylation is 1. The number of piperidine rings is 1. The zero-order valence-corrected chi connectivity index (χ0v) is 15.2. The molecule has 2 aromatic rings. The summed E-state index contributed by atoms with van der Waals surface area (Å²) in [7, 11) is 1.87. The van der Waals surface area contributed by atoms with E-state index < -0.39 is 0 Å². The van der Waals surface area contributed by atoms with Crippen LogP contribution in [0.25, 0.3) is 11.0 Å². The van der Waals surface area contributed by atoms with Crippen molar-refractivity contribution in [3.8, 4) is 0 Å². The van der Waals surface area contributed by atoms with Gasteiger partial charge in [0.05, 0.1) is 5.39 Å². The van der Waals surface area contributed by atoms with Gasteiger partial charge in [0, 0.05) is 32.1 Å². The van der Waals surface area contributed by atoms with Crippen molar-refractivity contribution in [3.63, 3.8) is 0 Å². The van der Waals surface area contributed by atoms with Gasteiger partial charge in [-0.25, -0.2) is 14.6 Å². The Morgan fingerprint density at radius 3 is 2.70 bits per heavy atom. The highest BCUT2D eigenvalue weighted by Gasteiger charge is 2.25. The van der Waals surface area contributed by atoms with Gasteiger partial charge < -0.3 is 10.2 Å². The second-order valence-electron chi connectivity index (χ2n) is 6.23. The average Bonchev–Trinajstić information content (AvgIpc) is 2.83. The maximum atomic E-state index is 11.8. The Morgan fingerprint density at radius 2 is 2.04 bits per heavy atom. The zero-order valence-electron chi connectivity index (χ0n) is 13.6. The van der Waals surface area contributed by atoms with E-state index in [9.17, 15) is 4.79 Å². The van der Waals surface area contributed by atoms with Crippen LogP contribution in [-0.4, -0.2) is 44.8 Å². The van der Waals surface area contributed by atoms with E-state index in [1.807, 2.05) is 20.9 Å². The van der Waals surface area contributed by atoms with Crippen molar-refractivity contribution in [2.75, 3.05) is 18.0 Å². The highest BCUT2D eigenvalue weighted by Crippen LogP contribution is 2.30. The third-order valence-corrected chi connectivity index (χ3v) is 4.78. The maximum Gasteiger partial charge on any atom is 0.222 e. The van der Waals surface area contributed by atoms with Gasteiger partial charge in [0.2, 0.25) is 5.91 Å². The SMILES string of the molecule is CC(C)C(=O)NC1CCN(c2ncnc3c2c(Br)nn3C)CC1. The summed E-state index contributed by atoms with van der Waals surface area (Å²) in [6, 6.07) is 0.246. The predicted octanol–water partition coefficient (Wildman–Crippen LogP) is 1.87. The molecule has 2 aromatic heterocycles. The lowest BCUT2D eigenvalue weighted by Gasteiger charge is -2.33. The number of amides is 1. The number of nitrogens with one attached hydrogen (secondary N) is 1. The van der Waals surface area contributed by atoms with E-state index in [1.54, 1.807) is 11.0 Å². The molecule has 3 heterocycles. The first kappa shape index (κ1) is 16.2. The predicted molar refractivity (Wildman–Crippen MR) is 92.2 cm³/mol. The van der Waals surface area contributed by atoms with Crippen LogP contribution in [0.5, 0.6) is 0 Å². The first-order chi connectivity index (χ1) is 11.0. The van der Waals surface area contributed by atoms with E-state index in [-0.39, 0.29) is 17.9 Å². The standard InChI is InChI=1S/C15H21BrN6O/c1-9(2)15(23)19-10-4-6-22(7-5-10)14-11-12(16)20-21(3)13(11)17-8-18-14/h8-10H,4-7H2,1-3H3,(H,19,23). The first-order valence-electron chi connectivity index (χ1n) is 7.86. The Bertz CT molecular complexity index is 720. The summed E-state index contributed by atoms with van der Waals surface area (Å²) in [6.07, 6.45) is 3.42. The van der Waals surface area contributed by atoms with E-state index in [2.05, 4.69) is 41.2 Å². The molecule has 0 radical (unpaired) electrons. The quantitative estimate of drug-likeness (QED) is 0.879. The highest BCUT2D eigenvalue weighted by molar-refractivity contribution is 9.10. The van der Waals surface area contributed by atoms with Gasteiger partial charge in [-0.3, -0.25) is 4.79 Å². The van der Waals surface area contributed by atoms with Gasteiger partial charge >= 0.3 is 0 Å². The molecular weight excluding hydrogens is 360 g/mol. The van der Waals surface area contributed by atoms with Crippen LogP contribution in [0.1, 0.15) is 26.7 Å². The van der Waals surface area contributed by atoms with Crippen LogP contribution < -0.4 is 10.2 Å². The van der Waals surface area contributed by atoms with Gasteiger partial charge in [0.25, 0.3) is 0 Å². The van der Waals surface area contributed by atoms with Gasteiger partial charge in [-0.15, -0.1) is 0 Å². The Morgan fingerprint density at radius 1 is 1.35 bits per heavy atom. The molecule has 3 rings (SSSR count). The summed E-state index contributed by atoms with van der Waals surface area (Å²) in [5.74, 6) is 1.06. The molecule has 0 aliphatic carbocycles. The van der Waals surface area contributed by atoms with Crippen molar-refractivity contribution < 1.29 is 4.79 Å². The summed E-state index contributed by atoms with van der Waals surface area (Å²) >= 11 is 3.50. The number of hydrogen-bond donors (Lipinski definition) is 1. The van der Waals surface area contributed by atoms with Crippen molar-refractivity contribution in [2.24, 2.45) is 13.0 Å². The molecule has 0 unspecified atom stereocenters. The second kappa shape index (κ2) is 6.43. The van der Waals surface area contributed by atoms with Crippen LogP contribution in [0, 0.1) is 5.92 Å². The molecule has 23 heavy (non-hydrogen) atoms. The van der Waals surface area contributed by atoms with Crippen LogP contribution >= 0.6 is 15.9 Å². The van der Waals surface area contributed by atoms with Crippen LogP contribution in [0.15, 0.2) is 10.9 Å². The summed E-state index contributed by atoms with van der Waals surface area (Å²) < 4.78 is 2.51. The average molecular weight is 381 g/mol. The highest BCUT2D eigenvalue weighted by atomic mass is 79.9. The van der Waals surface area contributed by atoms with Crippen LogP contribution in [0.3, 0.4) is 0 Å². The fourth-order valence-electron chi connectivity index (χ4n) is 2.87. The van der Waals surface area contributed by atoms with Crippen molar-refractivity contribution >= 4 is 38.7 Å². The van der Waals surface area contributed by atoms with Crippen LogP contribution in [0.2, 0.25) is 0 Å². The Kier molecular flexibility index (Phi) is 4.52. The van der Waals surface area contributed by atoms with Gasteiger partial charge in [0.15, 0.2) is 5.65 Å². The normalized spacial score (nSPS) is 16.3. The zero-order chi connectivity index (χ0) is 16.6. The molecule has 0 atom stereocenters. The summed E-state index contributed by atoms with van der Waals surface area (Å²) in [5.41, 5.74) is 0.817. The number of anilines is 1. The molecule has 0 saturated carbocycles. The van der Waals surface area contributed by atoms with E-state index in [0.717, 1.165) is 47.4 Å². The molecular formula is C15H21BrN6O. The van der Waals surface area contributed by atoms with Crippen molar-refractivity contribution in [2.45, 2.75) is 32.7 Å². The fourth-order valence-corrected chi connectivity index (χ4v) is 3.46. The minimum Gasteiger partial charge on any atom is -0.356 e. The lowest BCUT2D eigenvalue weighted by molar-refractivity contribution is -0.124. The van der Waals surface area contributed by atoms with E-state index >= 15 is 0 Å². The van der Waals surface area contributed by atoms with E-state index in [0.29, 0.717) is 0 Å². The number of fused-ring (bicyclic) bond motifs is 1. The van der Waals surface area contributed by atoms with Crippen LogP contribution in [0.4, 0.5) is 5.82 Å². The third-order valence-electron chi connectivity index (χ3n) is 4.22.